The van der Waals surface area contributed by atoms with E-state index in [-0.39, 0.29) is 11.3 Å². The van der Waals surface area contributed by atoms with Crippen molar-refractivity contribution >= 4 is 23.2 Å². The van der Waals surface area contributed by atoms with Crippen molar-refractivity contribution in [2.24, 2.45) is 7.05 Å². The number of aryl methyl sites for hydroxylation is 1. The summed E-state index contributed by atoms with van der Waals surface area (Å²) in [7, 11) is 4.73. The Kier molecular flexibility index (Phi) is 5.59. The van der Waals surface area contributed by atoms with Crippen molar-refractivity contribution in [3.63, 3.8) is 0 Å². The number of hydrogen-bond acceptors (Lipinski definition) is 5. The summed E-state index contributed by atoms with van der Waals surface area (Å²) in [4.78, 5) is 25.4. The lowest BCUT2D eigenvalue weighted by atomic mass is 10.2. The number of carbonyl (C=O) groups excluding carboxylic acids is 2. The second-order valence-electron chi connectivity index (χ2n) is 5.94. The van der Waals surface area contributed by atoms with Crippen LogP contribution < -0.4 is 20.1 Å². The van der Waals surface area contributed by atoms with Gasteiger partial charge in [0.25, 0.3) is 11.8 Å². The summed E-state index contributed by atoms with van der Waals surface area (Å²) in [5, 5.41) is 9.61. The molecule has 0 aliphatic carbocycles. The van der Waals surface area contributed by atoms with E-state index < -0.39 is 11.8 Å². The van der Waals surface area contributed by atoms with Crippen molar-refractivity contribution < 1.29 is 19.1 Å². The van der Waals surface area contributed by atoms with Crippen molar-refractivity contribution in [3.8, 4) is 11.5 Å². The predicted molar refractivity (Wildman–Crippen MR) is 105 cm³/mol. The summed E-state index contributed by atoms with van der Waals surface area (Å²) in [5.41, 5.74) is 1.26. The van der Waals surface area contributed by atoms with E-state index >= 15 is 0 Å². The lowest BCUT2D eigenvalue weighted by Crippen LogP contribution is -2.19. The number of nitrogens with zero attached hydrogens (tertiary/aromatic N) is 2. The van der Waals surface area contributed by atoms with Crippen molar-refractivity contribution in [2.75, 3.05) is 24.9 Å². The Morgan fingerprint density at radius 3 is 1.96 bits per heavy atom. The molecular weight excluding hydrogens is 360 g/mol. The Balaban J connectivity index is 1.81. The number of benzene rings is 2. The number of nitrogens with one attached hydrogen (secondary N) is 2. The molecule has 2 N–H and O–H groups in total. The van der Waals surface area contributed by atoms with Gasteiger partial charge in [-0.15, -0.1) is 0 Å². The fraction of sp³-hybridized carbons (Fsp3) is 0.150. The minimum Gasteiger partial charge on any atom is -0.497 e. The van der Waals surface area contributed by atoms with Crippen LogP contribution in [-0.4, -0.2) is 35.8 Å². The summed E-state index contributed by atoms with van der Waals surface area (Å²) in [6.45, 7) is 0. The van der Waals surface area contributed by atoms with Crippen LogP contribution in [0.15, 0.2) is 54.7 Å². The van der Waals surface area contributed by atoms with Crippen LogP contribution in [0.2, 0.25) is 0 Å². The Morgan fingerprint density at radius 1 is 0.893 bits per heavy atom. The standard InChI is InChI=1S/C20H20N4O4/c1-24-12-17(19(25)21-13-6-4-8-15(10-13)27-2)18(23-24)20(26)22-14-7-5-9-16(11-14)28-3/h4-12H,1-3H3,(H,21,25)(H,22,26). The van der Waals surface area contributed by atoms with Gasteiger partial charge in [-0.2, -0.15) is 5.10 Å². The van der Waals surface area contributed by atoms with Gasteiger partial charge in [-0.25, -0.2) is 0 Å². The maximum Gasteiger partial charge on any atom is 0.276 e. The quantitative estimate of drug-likeness (QED) is 0.686. The van der Waals surface area contributed by atoms with Crippen molar-refractivity contribution in [1.82, 2.24) is 9.78 Å². The lowest BCUT2D eigenvalue weighted by molar-refractivity contribution is 0.0988. The Hall–Kier alpha value is -3.81. The van der Waals surface area contributed by atoms with Gasteiger partial charge in [0.1, 0.15) is 11.5 Å². The minimum atomic E-state index is -0.496. The molecule has 8 nitrogen and oxygen atoms in total. The van der Waals surface area contributed by atoms with Gasteiger partial charge in [0.2, 0.25) is 0 Å². The maximum atomic E-state index is 12.7. The van der Waals surface area contributed by atoms with E-state index in [1.54, 1.807) is 69.8 Å². The van der Waals surface area contributed by atoms with Crippen LogP contribution in [0.1, 0.15) is 20.8 Å². The number of hydrogen-bond donors (Lipinski definition) is 2. The molecule has 0 saturated carbocycles. The Labute approximate surface area is 162 Å². The molecule has 0 bridgehead atoms. The predicted octanol–water partition coefficient (Wildman–Crippen LogP) is 2.94. The first-order valence-electron chi connectivity index (χ1n) is 8.44. The van der Waals surface area contributed by atoms with E-state index in [2.05, 4.69) is 15.7 Å². The number of aromatic nitrogens is 2. The molecule has 0 unspecified atom stereocenters. The highest BCUT2D eigenvalue weighted by Crippen LogP contribution is 2.20. The third kappa shape index (κ3) is 4.29. The zero-order valence-electron chi connectivity index (χ0n) is 15.7. The molecule has 144 valence electrons. The molecule has 0 atom stereocenters. The molecule has 28 heavy (non-hydrogen) atoms. The SMILES string of the molecule is COc1cccc(NC(=O)c2cn(C)nc2C(=O)Nc2cccc(OC)c2)c1. The first-order chi connectivity index (χ1) is 13.5. The summed E-state index contributed by atoms with van der Waals surface area (Å²) in [6, 6.07) is 13.9. The van der Waals surface area contributed by atoms with Crippen LogP contribution in [0, 0.1) is 0 Å². The molecule has 1 heterocycles. The molecule has 0 radical (unpaired) electrons. The van der Waals surface area contributed by atoms with E-state index in [1.165, 1.54) is 10.9 Å². The molecule has 0 fully saturated rings. The van der Waals surface area contributed by atoms with Crippen LogP contribution in [-0.2, 0) is 7.05 Å². The molecule has 1 aromatic heterocycles. The highest BCUT2D eigenvalue weighted by molar-refractivity contribution is 6.14. The van der Waals surface area contributed by atoms with Crippen LogP contribution >= 0.6 is 0 Å². The smallest absolute Gasteiger partial charge is 0.276 e. The molecule has 0 saturated heterocycles. The minimum absolute atomic E-state index is 0.0192. The number of methoxy groups -OCH3 is 2. The van der Waals surface area contributed by atoms with Gasteiger partial charge in [0.15, 0.2) is 5.69 Å². The molecule has 0 spiro atoms. The number of anilines is 2. The van der Waals surface area contributed by atoms with Crippen LogP contribution in [0.5, 0.6) is 11.5 Å². The lowest BCUT2D eigenvalue weighted by Gasteiger charge is -2.08. The molecule has 0 aliphatic heterocycles. The summed E-state index contributed by atoms with van der Waals surface area (Å²) < 4.78 is 11.7. The molecule has 0 aliphatic rings. The van der Waals surface area contributed by atoms with Crippen LogP contribution in [0.4, 0.5) is 11.4 Å². The number of amides is 2. The third-order valence-corrected chi connectivity index (χ3v) is 3.94. The van der Waals surface area contributed by atoms with Crippen molar-refractivity contribution in [3.05, 3.63) is 66.0 Å². The number of carbonyl (C=O) groups is 2. The van der Waals surface area contributed by atoms with Gasteiger partial charge in [-0.05, 0) is 24.3 Å². The summed E-state index contributed by atoms with van der Waals surface area (Å²) >= 11 is 0. The maximum absolute atomic E-state index is 12.7. The normalized spacial score (nSPS) is 10.2. The van der Waals surface area contributed by atoms with E-state index in [0.29, 0.717) is 22.9 Å². The summed E-state index contributed by atoms with van der Waals surface area (Å²) in [5.74, 6) is 0.275. The highest BCUT2D eigenvalue weighted by Gasteiger charge is 2.22. The second-order valence-corrected chi connectivity index (χ2v) is 5.94. The zero-order chi connectivity index (χ0) is 20.1. The number of ether oxygens (including phenoxy) is 2. The molecular formula is C20H20N4O4. The van der Waals surface area contributed by atoms with E-state index in [0.717, 1.165) is 0 Å². The average Bonchev–Trinajstić information content (AvgIpc) is 3.10. The second kappa shape index (κ2) is 8.26. The molecule has 3 rings (SSSR count). The Bertz CT molecular complexity index is 934. The largest absolute Gasteiger partial charge is 0.497 e. The van der Waals surface area contributed by atoms with Crippen molar-refractivity contribution in [2.45, 2.75) is 0 Å². The van der Waals surface area contributed by atoms with Crippen LogP contribution in [0.3, 0.4) is 0 Å². The fourth-order valence-electron chi connectivity index (χ4n) is 2.61. The Morgan fingerprint density at radius 2 is 1.43 bits per heavy atom. The van der Waals surface area contributed by atoms with Gasteiger partial charge in [-0.3, -0.25) is 14.3 Å². The van der Waals surface area contributed by atoms with Gasteiger partial charge < -0.3 is 20.1 Å². The van der Waals surface area contributed by atoms with Gasteiger partial charge in [0.05, 0.1) is 19.8 Å². The average molecular weight is 380 g/mol. The topological polar surface area (TPSA) is 94.5 Å². The van der Waals surface area contributed by atoms with Gasteiger partial charge in [0, 0.05) is 36.8 Å². The van der Waals surface area contributed by atoms with E-state index in [1.807, 2.05) is 0 Å². The first kappa shape index (κ1) is 19.0. The van der Waals surface area contributed by atoms with E-state index in [4.69, 9.17) is 9.47 Å². The van der Waals surface area contributed by atoms with E-state index in [9.17, 15) is 9.59 Å². The monoisotopic (exact) mass is 380 g/mol. The van der Waals surface area contributed by atoms with Gasteiger partial charge >= 0.3 is 0 Å². The first-order valence-corrected chi connectivity index (χ1v) is 8.44. The fourth-order valence-corrected chi connectivity index (χ4v) is 2.61. The molecule has 2 aromatic carbocycles. The zero-order valence-corrected chi connectivity index (χ0v) is 15.7. The third-order valence-electron chi connectivity index (χ3n) is 3.94. The number of rotatable bonds is 6. The molecule has 3 aromatic rings. The molecule has 8 heteroatoms. The van der Waals surface area contributed by atoms with Gasteiger partial charge in [-0.1, -0.05) is 12.1 Å². The van der Waals surface area contributed by atoms with Crippen LogP contribution in [0.25, 0.3) is 0 Å². The molecule has 2 amide bonds. The highest BCUT2D eigenvalue weighted by atomic mass is 16.5. The van der Waals surface area contributed by atoms with Crippen molar-refractivity contribution in [1.29, 1.82) is 0 Å². The summed E-state index contributed by atoms with van der Waals surface area (Å²) in [6.07, 6.45) is 1.50.